The van der Waals surface area contributed by atoms with Gasteiger partial charge in [0.05, 0.1) is 10.6 Å². The Labute approximate surface area is 129 Å². The maximum Gasteiger partial charge on any atom is 0.335 e. The molecule has 1 fully saturated rings. The number of carboxylic acid groups (broad SMARTS) is 1. The smallest absolute Gasteiger partial charge is 0.335 e. The van der Waals surface area contributed by atoms with Crippen LogP contribution in [0.4, 0.5) is 0 Å². The monoisotopic (exact) mass is 331 g/mol. The van der Waals surface area contributed by atoms with Crippen LogP contribution in [-0.2, 0) is 10.0 Å². The number of hydrogen-bond acceptors (Lipinski definition) is 3. The first-order valence-electron chi connectivity index (χ1n) is 6.89. The Balaban J connectivity index is 2.36. The second-order valence-electron chi connectivity index (χ2n) is 5.20. The average Bonchev–Trinajstić information content (AvgIpc) is 2.37. The van der Waals surface area contributed by atoms with Gasteiger partial charge in [-0.25, -0.2) is 13.2 Å². The van der Waals surface area contributed by atoms with E-state index in [1.165, 1.54) is 16.4 Å². The molecule has 1 aliphatic carbocycles. The average molecular weight is 332 g/mol. The quantitative estimate of drug-likeness (QED) is 0.869. The third-order valence-corrected chi connectivity index (χ3v) is 6.26. The van der Waals surface area contributed by atoms with Gasteiger partial charge >= 0.3 is 5.97 Å². The van der Waals surface area contributed by atoms with Crippen LogP contribution in [-0.4, -0.2) is 36.9 Å². The number of halogens is 1. The Hall–Kier alpha value is -1.11. The highest BCUT2D eigenvalue weighted by atomic mass is 35.5. The van der Waals surface area contributed by atoms with E-state index in [0.717, 1.165) is 25.3 Å². The van der Waals surface area contributed by atoms with Crippen molar-refractivity contribution in [3.8, 4) is 0 Å². The minimum atomic E-state index is -3.77. The van der Waals surface area contributed by atoms with Gasteiger partial charge in [0.15, 0.2) is 0 Å². The molecule has 0 saturated heterocycles. The van der Waals surface area contributed by atoms with E-state index in [1.807, 2.05) is 0 Å². The van der Waals surface area contributed by atoms with Crippen LogP contribution in [0.3, 0.4) is 0 Å². The summed E-state index contributed by atoms with van der Waals surface area (Å²) in [6.45, 7) is 2.57. The van der Waals surface area contributed by atoms with E-state index in [9.17, 15) is 13.2 Å². The third kappa shape index (κ3) is 3.39. The van der Waals surface area contributed by atoms with E-state index in [4.69, 9.17) is 16.7 Å². The summed E-state index contributed by atoms with van der Waals surface area (Å²) in [6.07, 6.45) is 3.21. The van der Waals surface area contributed by atoms with Crippen molar-refractivity contribution in [2.24, 2.45) is 5.92 Å². The molecule has 0 aliphatic heterocycles. The molecule has 0 bridgehead atoms. The van der Waals surface area contributed by atoms with Gasteiger partial charge in [0.25, 0.3) is 0 Å². The highest BCUT2D eigenvalue weighted by Crippen LogP contribution is 2.31. The molecular formula is C14H18ClNO4S. The van der Waals surface area contributed by atoms with Crippen molar-refractivity contribution in [2.75, 3.05) is 13.1 Å². The second kappa shape index (κ2) is 6.34. The van der Waals surface area contributed by atoms with E-state index in [0.29, 0.717) is 19.0 Å². The largest absolute Gasteiger partial charge is 0.478 e. The molecule has 0 amide bonds. The third-order valence-electron chi connectivity index (χ3n) is 3.84. The number of aromatic carboxylic acids is 1. The summed E-state index contributed by atoms with van der Waals surface area (Å²) in [7, 11) is -3.77. The summed E-state index contributed by atoms with van der Waals surface area (Å²) in [5.74, 6) is -0.786. The predicted octanol–water partition coefficient (Wildman–Crippen LogP) is 2.85. The van der Waals surface area contributed by atoms with Crippen molar-refractivity contribution in [1.82, 2.24) is 4.31 Å². The highest BCUT2D eigenvalue weighted by molar-refractivity contribution is 7.89. The zero-order valence-corrected chi connectivity index (χ0v) is 13.3. The lowest BCUT2D eigenvalue weighted by atomic mass is 9.85. The molecule has 1 saturated carbocycles. The first-order chi connectivity index (χ1) is 9.86. The van der Waals surface area contributed by atoms with Gasteiger partial charge in [-0.1, -0.05) is 24.9 Å². The fourth-order valence-corrected chi connectivity index (χ4v) is 4.36. The first-order valence-corrected chi connectivity index (χ1v) is 8.71. The maximum absolute atomic E-state index is 12.7. The zero-order valence-electron chi connectivity index (χ0n) is 11.8. The van der Waals surface area contributed by atoms with Crippen LogP contribution in [0.25, 0.3) is 0 Å². The van der Waals surface area contributed by atoms with Crippen LogP contribution in [0.5, 0.6) is 0 Å². The summed E-state index contributed by atoms with van der Waals surface area (Å²) in [4.78, 5) is 10.9. The topological polar surface area (TPSA) is 74.7 Å². The summed E-state index contributed by atoms with van der Waals surface area (Å²) >= 11 is 5.97. The summed E-state index contributed by atoms with van der Waals surface area (Å²) < 4.78 is 26.7. The van der Waals surface area contributed by atoms with Gasteiger partial charge in [0.1, 0.15) is 4.90 Å². The SMILES string of the molecule is CCN(CC1CCC1)S(=O)(=O)c1cc(C(=O)O)ccc1Cl. The van der Waals surface area contributed by atoms with Gasteiger partial charge in [-0.15, -0.1) is 0 Å². The Morgan fingerprint density at radius 3 is 2.57 bits per heavy atom. The van der Waals surface area contributed by atoms with Gasteiger partial charge in [-0.3, -0.25) is 0 Å². The molecule has 2 rings (SSSR count). The molecule has 1 aromatic rings. The molecule has 0 atom stereocenters. The molecule has 7 heteroatoms. The standard InChI is InChI=1S/C14H18ClNO4S/c1-2-16(9-10-4-3-5-10)21(19,20)13-8-11(14(17)18)6-7-12(13)15/h6-8,10H,2-5,9H2,1H3,(H,17,18). The number of hydrogen-bond donors (Lipinski definition) is 1. The van der Waals surface area contributed by atoms with Crippen LogP contribution in [0.15, 0.2) is 23.1 Å². The summed E-state index contributed by atoms with van der Waals surface area (Å²) in [5, 5.41) is 9.05. The van der Waals surface area contributed by atoms with E-state index < -0.39 is 16.0 Å². The lowest BCUT2D eigenvalue weighted by molar-refractivity contribution is 0.0696. The normalized spacial score (nSPS) is 16.0. The van der Waals surface area contributed by atoms with Gasteiger partial charge in [-0.05, 0) is 37.0 Å². The Kier molecular flexibility index (Phi) is 4.91. The number of benzene rings is 1. The fourth-order valence-electron chi connectivity index (χ4n) is 2.33. The Morgan fingerprint density at radius 2 is 2.10 bits per heavy atom. The molecule has 0 unspecified atom stereocenters. The molecular weight excluding hydrogens is 314 g/mol. The lowest BCUT2D eigenvalue weighted by Gasteiger charge is -2.31. The van der Waals surface area contributed by atoms with Gasteiger partial charge < -0.3 is 5.11 Å². The van der Waals surface area contributed by atoms with E-state index in [1.54, 1.807) is 6.92 Å². The molecule has 1 N–H and O–H groups in total. The summed E-state index contributed by atoms with van der Waals surface area (Å²) in [5.41, 5.74) is -0.0855. The highest BCUT2D eigenvalue weighted by Gasteiger charge is 2.30. The van der Waals surface area contributed by atoms with E-state index in [-0.39, 0.29) is 15.5 Å². The molecule has 21 heavy (non-hydrogen) atoms. The molecule has 5 nitrogen and oxygen atoms in total. The molecule has 0 aromatic heterocycles. The van der Waals surface area contributed by atoms with Crippen LogP contribution in [0, 0.1) is 5.92 Å². The van der Waals surface area contributed by atoms with Crippen LogP contribution in [0.2, 0.25) is 5.02 Å². The second-order valence-corrected chi connectivity index (χ2v) is 7.52. The van der Waals surface area contributed by atoms with Gasteiger partial charge in [-0.2, -0.15) is 4.31 Å². The number of sulfonamides is 1. The Bertz CT molecular complexity index is 640. The van der Waals surface area contributed by atoms with Crippen molar-refractivity contribution in [2.45, 2.75) is 31.1 Å². The van der Waals surface area contributed by atoms with Crippen molar-refractivity contribution in [3.63, 3.8) is 0 Å². The molecule has 1 aliphatic rings. The van der Waals surface area contributed by atoms with Crippen molar-refractivity contribution < 1.29 is 18.3 Å². The Morgan fingerprint density at radius 1 is 1.43 bits per heavy atom. The van der Waals surface area contributed by atoms with Crippen molar-refractivity contribution >= 4 is 27.6 Å². The van der Waals surface area contributed by atoms with Gasteiger partial charge in [0.2, 0.25) is 10.0 Å². The molecule has 0 radical (unpaired) electrons. The van der Waals surface area contributed by atoms with Crippen LogP contribution in [0.1, 0.15) is 36.5 Å². The van der Waals surface area contributed by atoms with Crippen molar-refractivity contribution in [1.29, 1.82) is 0 Å². The minimum absolute atomic E-state index is 0.0482. The lowest BCUT2D eigenvalue weighted by Crippen LogP contribution is -2.37. The van der Waals surface area contributed by atoms with Crippen molar-refractivity contribution in [3.05, 3.63) is 28.8 Å². The fraction of sp³-hybridized carbons (Fsp3) is 0.500. The number of nitrogens with zero attached hydrogens (tertiary/aromatic N) is 1. The van der Waals surface area contributed by atoms with Crippen LogP contribution >= 0.6 is 11.6 Å². The number of rotatable bonds is 6. The molecule has 0 spiro atoms. The maximum atomic E-state index is 12.7. The minimum Gasteiger partial charge on any atom is -0.478 e. The predicted molar refractivity (Wildman–Crippen MR) is 80.2 cm³/mol. The first kappa shape index (κ1) is 16.3. The van der Waals surface area contributed by atoms with Gasteiger partial charge in [0, 0.05) is 13.1 Å². The number of carboxylic acids is 1. The van der Waals surface area contributed by atoms with Crippen LogP contribution < -0.4 is 0 Å². The molecule has 0 heterocycles. The molecule has 116 valence electrons. The zero-order chi connectivity index (χ0) is 15.6. The number of carbonyl (C=O) groups is 1. The van der Waals surface area contributed by atoms with E-state index in [2.05, 4.69) is 0 Å². The summed E-state index contributed by atoms with van der Waals surface area (Å²) in [6, 6.07) is 3.74. The molecule has 1 aromatic carbocycles. The van der Waals surface area contributed by atoms with E-state index >= 15 is 0 Å².